The van der Waals surface area contributed by atoms with Crippen molar-refractivity contribution in [2.75, 3.05) is 31.3 Å². The number of urea groups is 1. The number of hydrogen-bond acceptors (Lipinski definition) is 5. The molecule has 0 radical (unpaired) electrons. The van der Waals surface area contributed by atoms with E-state index in [0.29, 0.717) is 38.2 Å². The van der Waals surface area contributed by atoms with Crippen LogP contribution in [0.25, 0.3) is 0 Å². The number of carbonyl (C=O) groups excluding carboxylic acids is 2. The van der Waals surface area contributed by atoms with Crippen LogP contribution in [-0.4, -0.2) is 57.4 Å². The molecule has 1 fully saturated rings. The Balaban J connectivity index is 1.80. The van der Waals surface area contributed by atoms with Gasteiger partial charge in [-0.3, -0.25) is 0 Å². The minimum Gasteiger partial charge on any atom is -0.450 e. The molecule has 1 aromatic carbocycles. The minimum absolute atomic E-state index is 0.0269. The molecule has 0 saturated carbocycles. The topological polar surface area (TPSA) is 105 Å². The Bertz CT molecular complexity index is 710. The lowest BCUT2D eigenvalue weighted by Crippen LogP contribution is -2.47. The number of ether oxygens (including phenoxy) is 1. The van der Waals surface area contributed by atoms with Gasteiger partial charge < -0.3 is 20.3 Å². The second-order valence-electron chi connectivity index (χ2n) is 5.86. The normalized spacial score (nSPS) is 15.5. The summed E-state index contributed by atoms with van der Waals surface area (Å²) in [5, 5.41) is 5.53. The van der Waals surface area contributed by atoms with Crippen LogP contribution in [0.15, 0.2) is 29.2 Å². The van der Waals surface area contributed by atoms with E-state index in [2.05, 4.69) is 10.6 Å². The largest absolute Gasteiger partial charge is 0.450 e. The number of hydrogen-bond donors (Lipinski definition) is 2. The van der Waals surface area contributed by atoms with Gasteiger partial charge in [0.05, 0.1) is 11.5 Å². The molecule has 3 amide bonds. The van der Waals surface area contributed by atoms with E-state index in [4.69, 9.17) is 4.74 Å². The molecular formula is C16H23N3O5S. The third kappa shape index (κ3) is 5.63. The smallest absolute Gasteiger partial charge is 0.409 e. The van der Waals surface area contributed by atoms with Gasteiger partial charge in [-0.2, -0.15) is 0 Å². The van der Waals surface area contributed by atoms with Gasteiger partial charge in [-0.05, 0) is 44.0 Å². The second-order valence-corrected chi connectivity index (χ2v) is 7.87. The Kier molecular flexibility index (Phi) is 6.24. The maximum absolute atomic E-state index is 12.0. The summed E-state index contributed by atoms with van der Waals surface area (Å²) < 4.78 is 27.8. The van der Waals surface area contributed by atoms with Crippen LogP contribution in [-0.2, 0) is 14.6 Å². The van der Waals surface area contributed by atoms with Gasteiger partial charge in [0, 0.05) is 31.1 Å². The van der Waals surface area contributed by atoms with E-state index in [1.807, 2.05) is 0 Å². The van der Waals surface area contributed by atoms with Crippen LogP contribution in [0.5, 0.6) is 0 Å². The Morgan fingerprint density at radius 3 is 2.32 bits per heavy atom. The fraction of sp³-hybridized carbons (Fsp3) is 0.500. The summed E-state index contributed by atoms with van der Waals surface area (Å²) in [6.07, 6.45) is 2.11. The van der Waals surface area contributed by atoms with Crippen LogP contribution < -0.4 is 10.6 Å². The molecule has 1 aromatic rings. The number of nitrogens with one attached hydrogen (secondary N) is 2. The van der Waals surface area contributed by atoms with Crippen molar-refractivity contribution in [1.82, 2.24) is 10.2 Å². The van der Waals surface area contributed by atoms with Gasteiger partial charge >= 0.3 is 12.1 Å². The number of rotatable bonds is 4. The lowest BCUT2D eigenvalue weighted by molar-refractivity contribution is 0.0959. The van der Waals surface area contributed by atoms with Crippen molar-refractivity contribution in [3.63, 3.8) is 0 Å². The Hall–Kier alpha value is -2.29. The van der Waals surface area contributed by atoms with E-state index >= 15 is 0 Å². The number of likely N-dealkylation sites (tertiary alicyclic amines) is 1. The van der Waals surface area contributed by atoms with Gasteiger partial charge in [0.25, 0.3) is 0 Å². The fourth-order valence-corrected chi connectivity index (χ4v) is 3.19. The van der Waals surface area contributed by atoms with Gasteiger partial charge in [0.2, 0.25) is 0 Å². The molecule has 138 valence electrons. The maximum atomic E-state index is 12.0. The van der Waals surface area contributed by atoms with Crippen molar-refractivity contribution in [1.29, 1.82) is 0 Å². The van der Waals surface area contributed by atoms with Crippen molar-refractivity contribution in [3.8, 4) is 0 Å². The summed E-state index contributed by atoms with van der Waals surface area (Å²) in [5.74, 6) is 0. The zero-order valence-corrected chi connectivity index (χ0v) is 15.1. The highest BCUT2D eigenvalue weighted by molar-refractivity contribution is 7.90. The van der Waals surface area contributed by atoms with E-state index in [9.17, 15) is 18.0 Å². The zero-order valence-electron chi connectivity index (χ0n) is 14.3. The molecule has 9 heteroatoms. The van der Waals surface area contributed by atoms with Crippen LogP contribution >= 0.6 is 0 Å². The highest BCUT2D eigenvalue weighted by atomic mass is 32.2. The van der Waals surface area contributed by atoms with E-state index in [1.54, 1.807) is 24.0 Å². The average molecular weight is 369 g/mol. The van der Waals surface area contributed by atoms with Crippen molar-refractivity contribution >= 4 is 27.6 Å². The number of benzene rings is 1. The molecule has 1 aliphatic rings. The molecule has 2 N–H and O–H groups in total. The average Bonchev–Trinajstić information content (AvgIpc) is 2.55. The molecule has 1 aliphatic heterocycles. The highest BCUT2D eigenvalue weighted by Gasteiger charge is 2.24. The molecule has 0 spiro atoms. The van der Waals surface area contributed by atoms with Gasteiger partial charge in [-0.1, -0.05) is 0 Å². The number of carbonyl (C=O) groups is 2. The molecule has 2 rings (SSSR count). The Morgan fingerprint density at radius 2 is 1.80 bits per heavy atom. The first-order valence-electron chi connectivity index (χ1n) is 8.09. The van der Waals surface area contributed by atoms with Gasteiger partial charge in [-0.25, -0.2) is 18.0 Å². The third-order valence-electron chi connectivity index (χ3n) is 3.90. The molecular weight excluding hydrogens is 346 g/mol. The number of nitrogens with zero attached hydrogens (tertiary/aromatic N) is 1. The summed E-state index contributed by atoms with van der Waals surface area (Å²) in [6, 6.07) is 5.59. The molecule has 0 aromatic heterocycles. The molecule has 0 aliphatic carbocycles. The number of amides is 3. The van der Waals surface area contributed by atoms with Crippen molar-refractivity contribution in [2.45, 2.75) is 30.7 Å². The number of anilines is 1. The molecule has 0 unspecified atom stereocenters. The molecule has 8 nitrogen and oxygen atoms in total. The summed E-state index contributed by atoms with van der Waals surface area (Å²) in [5.41, 5.74) is 0.508. The predicted octanol–water partition coefficient (Wildman–Crippen LogP) is 1.83. The predicted molar refractivity (Wildman–Crippen MR) is 93.3 cm³/mol. The van der Waals surface area contributed by atoms with Crippen LogP contribution in [0.4, 0.5) is 15.3 Å². The van der Waals surface area contributed by atoms with Gasteiger partial charge in [0.1, 0.15) is 0 Å². The highest BCUT2D eigenvalue weighted by Crippen LogP contribution is 2.15. The van der Waals surface area contributed by atoms with E-state index in [0.717, 1.165) is 6.26 Å². The quantitative estimate of drug-likeness (QED) is 0.842. The summed E-state index contributed by atoms with van der Waals surface area (Å²) in [7, 11) is -3.26. The second kappa shape index (κ2) is 8.19. The third-order valence-corrected chi connectivity index (χ3v) is 5.02. The monoisotopic (exact) mass is 369 g/mol. The van der Waals surface area contributed by atoms with E-state index in [-0.39, 0.29) is 23.1 Å². The maximum Gasteiger partial charge on any atom is 0.409 e. The lowest BCUT2D eigenvalue weighted by Gasteiger charge is -2.31. The Labute approximate surface area is 147 Å². The first-order chi connectivity index (χ1) is 11.8. The lowest BCUT2D eigenvalue weighted by atomic mass is 10.1. The number of sulfone groups is 1. The SMILES string of the molecule is CCOC(=O)N1CCC(NC(=O)Nc2ccc(S(C)(=O)=O)cc2)CC1. The van der Waals surface area contributed by atoms with Gasteiger partial charge in [-0.15, -0.1) is 0 Å². The van der Waals surface area contributed by atoms with Crippen LogP contribution in [0, 0.1) is 0 Å². The minimum atomic E-state index is -3.26. The molecule has 0 atom stereocenters. The van der Waals surface area contributed by atoms with Crippen molar-refractivity contribution < 1.29 is 22.7 Å². The van der Waals surface area contributed by atoms with E-state index < -0.39 is 9.84 Å². The summed E-state index contributed by atoms with van der Waals surface area (Å²) in [6.45, 7) is 3.18. The van der Waals surface area contributed by atoms with Crippen LogP contribution in [0.2, 0.25) is 0 Å². The standard InChI is InChI=1S/C16H23N3O5S/c1-3-24-16(21)19-10-8-13(9-11-19)18-15(20)17-12-4-6-14(7-5-12)25(2,22)23/h4-7,13H,3,8-11H2,1-2H3,(H2,17,18,20). The molecule has 25 heavy (non-hydrogen) atoms. The number of piperidine rings is 1. The van der Waals surface area contributed by atoms with E-state index in [1.165, 1.54) is 12.1 Å². The summed E-state index contributed by atoms with van der Waals surface area (Å²) >= 11 is 0. The van der Waals surface area contributed by atoms with Crippen molar-refractivity contribution in [3.05, 3.63) is 24.3 Å². The van der Waals surface area contributed by atoms with Crippen molar-refractivity contribution in [2.24, 2.45) is 0 Å². The molecule has 0 bridgehead atoms. The van der Waals surface area contributed by atoms with Gasteiger partial charge in [0.15, 0.2) is 9.84 Å². The molecule has 1 saturated heterocycles. The first-order valence-corrected chi connectivity index (χ1v) is 9.98. The van der Waals surface area contributed by atoms with Crippen LogP contribution in [0.3, 0.4) is 0 Å². The zero-order chi connectivity index (χ0) is 18.4. The molecule has 1 heterocycles. The summed E-state index contributed by atoms with van der Waals surface area (Å²) in [4.78, 5) is 25.5. The fourth-order valence-electron chi connectivity index (χ4n) is 2.56. The first kappa shape index (κ1) is 19.0. The Morgan fingerprint density at radius 1 is 1.20 bits per heavy atom. The van der Waals surface area contributed by atoms with Crippen LogP contribution in [0.1, 0.15) is 19.8 Å².